The number of rotatable bonds is 6. The number of aromatic nitrogens is 2. The van der Waals surface area contributed by atoms with Gasteiger partial charge in [0.2, 0.25) is 0 Å². The number of hydrogen-bond acceptors (Lipinski definition) is 3. The summed E-state index contributed by atoms with van der Waals surface area (Å²) in [4.78, 5) is 0. The Labute approximate surface area is 113 Å². The highest BCUT2D eigenvalue weighted by molar-refractivity contribution is 7.89. The lowest BCUT2D eigenvalue weighted by Crippen LogP contribution is -2.36. The fraction of sp³-hybridized carbons (Fsp3) is 0.727. The van der Waals surface area contributed by atoms with Gasteiger partial charge in [0, 0.05) is 18.2 Å². The molecule has 0 aliphatic heterocycles. The van der Waals surface area contributed by atoms with Gasteiger partial charge in [0.25, 0.3) is 10.0 Å². The summed E-state index contributed by atoms with van der Waals surface area (Å²) in [5, 5.41) is 6.50. The lowest BCUT2D eigenvalue weighted by atomic mass is 10.2. The second-order valence-electron chi connectivity index (χ2n) is 5.06. The Bertz CT molecular complexity index is 508. The van der Waals surface area contributed by atoms with E-state index in [1.165, 1.54) is 6.20 Å². The molecule has 0 amide bonds. The molecule has 1 saturated carbocycles. The molecule has 2 rings (SSSR count). The zero-order valence-electron chi connectivity index (χ0n) is 10.6. The number of nitrogens with one attached hydrogen (secondary N) is 1. The van der Waals surface area contributed by atoms with E-state index in [2.05, 4.69) is 10.2 Å². The molecule has 7 heteroatoms. The summed E-state index contributed by atoms with van der Waals surface area (Å²) in [7, 11) is -3.50. The lowest BCUT2D eigenvalue weighted by Gasteiger charge is -2.23. The van der Waals surface area contributed by atoms with Crippen molar-refractivity contribution in [1.82, 2.24) is 14.5 Å². The van der Waals surface area contributed by atoms with E-state index in [4.69, 9.17) is 11.6 Å². The van der Waals surface area contributed by atoms with Gasteiger partial charge in [-0.15, -0.1) is 11.6 Å². The van der Waals surface area contributed by atoms with E-state index in [1.807, 2.05) is 13.8 Å². The van der Waals surface area contributed by atoms with Gasteiger partial charge < -0.3 is 0 Å². The van der Waals surface area contributed by atoms with Gasteiger partial charge in [-0.25, -0.2) is 8.42 Å². The van der Waals surface area contributed by atoms with Gasteiger partial charge in [-0.3, -0.25) is 5.10 Å². The van der Waals surface area contributed by atoms with Crippen molar-refractivity contribution in [3.63, 3.8) is 0 Å². The number of sulfonamides is 1. The van der Waals surface area contributed by atoms with Crippen LogP contribution in [0.15, 0.2) is 11.2 Å². The largest absolute Gasteiger partial charge is 0.266 e. The smallest absolute Gasteiger partial charge is 0.260 e. The molecule has 0 saturated heterocycles. The number of hydrogen-bond donors (Lipinski definition) is 1. The second kappa shape index (κ2) is 5.19. The van der Waals surface area contributed by atoms with E-state index in [0.717, 1.165) is 12.8 Å². The fourth-order valence-corrected chi connectivity index (χ4v) is 4.14. The molecule has 1 aromatic rings. The number of H-pyrrole nitrogens is 1. The highest BCUT2D eigenvalue weighted by atomic mass is 35.5. The predicted octanol–water partition coefficient (Wildman–Crippen LogP) is 1.96. The van der Waals surface area contributed by atoms with E-state index in [0.29, 0.717) is 18.0 Å². The summed E-state index contributed by atoms with van der Waals surface area (Å²) in [5.74, 6) is 0.438. The van der Waals surface area contributed by atoms with Crippen LogP contribution in [-0.2, 0) is 15.9 Å². The number of nitrogens with zero attached hydrogens (tertiary/aromatic N) is 2. The molecule has 102 valence electrons. The first-order valence-electron chi connectivity index (χ1n) is 6.07. The molecule has 1 aromatic heterocycles. The number of aromatic amines is 1. The first kappa shape index (κ1) is 13.8. The SMILES string of the molecule is CC(C)CN(C1CC1)S(=O)(=O)c1[nH]ncc1CCl. The number of alkyl halides is 1. The zero-order chi connectivity index (χ0) is 13.3. The Morgan fingerprint density at radius 1 is 1.56 bits per heavy atom. The molecular weight excluding hydrogens is 274 g/mol. The third-order valence-electron chi connectivity index (χ3n) is 2.89. The Morgan fingerprint density at radius 2 is 2.22 bits per heavy atom. The average molecular weight is 292 g/mol. The Balaban J connectivity index is 2.33. The van der Waals surface area contributed by atoms with Crippen molar-refractivity contribution in [3.05, 3.63) is 11.8 Å². The van der Waals surface area contributed by atoms with Crippen molar-refractivity contribution in [1.29, 1.82) is 0 Å². The summed E-state index contributed by atoms with van der Waals surface area (Å²) < 4.78 is 26.8. The number of halogens is 1. The average Bonchev–Trinajstić information content (AvgIpc) is 3.01. The van der Waals surface area contributed by atoms with E-state index < -0.39 is 10.0 Å². The first-order chi connectivity index (χ1) is 8.46. The molecule has 0 bridgehead atoms. The maximum Gasteiger partial charge on any atom is 0.260 e. The molecule has 0 atom stereocenters. The molecule has 0 unspecified atom stereocenters. The van der Waals surface area contributed by atoms with Crippen LogP contribution in [0.3, 0.4) is 0 Å². The first-order valence-corrected chi connectivity index (χ1v) is 8.04. The standard InChI is InChI=1S/C11H18ClN3O2S/c1-8(2)7-15(10-3-4-10)18(16,17)11-9(5-12)6-13-14-11/h6,8,10H,3-5,7H2,1-2H3,(H,13,14). The summed E-state index contributed by atoms with van der Waals surface area (Å²) in [6.45, 7) is 4.56. The quantitative estimate of drug-likeness (QED) is 0.815. The summed E-state index contributed by atoms with van der Waals surface area (Å²) in [6, 6.07) is 0.142. The van der Waals surface area contributed by atoms with Crippen LogP contribution in [0.2, 0.25) is 0 Å². The van der Waals surface area contributed by atoms with E-state index >= 15 is 0 Å². The molecular formula is C11H18ClN3O2S. The summed E-state index contributed by atoms with van der Waals surface area (Å²) in [6.07, 6.45) is 3.35. The van der Waals surface area contributed by atoms with Crippen molar-refractivity contribution < 1.29 is 8.42 Å². The van der Waals surface area contributed by atoms with Crippen molar-refractivity contribution in [3.8, 4) is 0 Å². The van der Waals surface area contributed by atoms with Gasteiger partial charge in [-0.2, -0.15) is 9.40 Å². The monoisotopic (exact) mass is 291 g/mol. The third-order valence-corrected chi connectivity index (χ3v) is 5.11. The maximum atomic E-state index is 12.6. The van der Waals surface area contributed by atoms with Crippen LogP contribution in [0.25, 0.3) is 0 Å². The van der Waals surface area contributed by atoms with Gasteiger partial charge in [-0.1, -0.05) is 13.8 Å². The molecule has 0 radical (unpaired) electrons. The van der Waals surface area contributed by atoms with Crippen molar-refractivity contribution in [2.24, 2.45) is 5.92 Å². The van der Waals surface area contributed by atoms with Crippen molar-refractivity contribution in [2.75, 3.05) is 6.54 Å². The van der Waals surface area contributed by atoms with Gasteiger partial charge >= 0.3 is 0 Å². The highest BCUT2D eigenvalue weighted by Gasteiger charge is 2.39. The van der Waals surface area contributed by atoms with Gasteiger partial charge in [0.05, 0.1) is 12.1 Å². The van der Waals surface area contributed by atoms with Crippen LogP contribution < -0.4 is 0 Å². The Morgan fingerprint density at radius 3 is 2.72 bits per heavy atom. The third kappa shape index (κ3) is 2.70. The van der Waals surface area contributed by atoms with Crippen LogP contribution in [0, 0.1) is 5.92 Å². The van der Waals surface area contributed by atoms with Crippen LogP contribution in [0.5, 0.6) is 0 Å². The van der Waals surface area contributed by atoms with Gasteiger partial charge in [0.1, 0.15) is 0 Å². The minimum Gasteiger partial charge on any atom is -0.266 e. The molecule has 0 spiro atoms. The normalized spacial score (nSPS) is 16.7. The van der Waals surface area contributed by atoms with Crippen LogP contribution in [0.1, 0.15) is 32.3 Å². The zero-order valence-corrected chi connectivity index (χ0v) is 12.1. The topological polar surface area (TPSA) is 66.1 Å². The molecule has 0 aromatic carbocycles. The van der Waals surface area contributed by atoms with E-state index in [9.17, 15) is 8.42 Å². The minimum atomic E-state index is -3.50. The molecule has 5 nitrogen and oxygen atoms in total. The maximum absolute atomic E-state index is 12.6. The highest BCUT2D eigenvalue weighted by Crippen LogP contribution is 2.33. The summed E-state index contributed by atoms with van der Waals surface area (Å²) in [5.41, 5.74) is 0.533. The molecule has 1 aliphatic carbocycles. The van der Waals surface area contributed by atoms with Crippen LogP contribution in [0.4, 0.5) is 0 Å². The molecule has 1 aliphatic rings. The van der Waals surface area contributed by atoms with Gasteiger partial charge in [0.15, 0.2) is 5.03 Å². The predicted molar refractivity (Wildman–Crippen MR) is 69.9 cm³/mol. The van der Waals surface area contributed by atoms with E-state index in [-0.39, 0.29) is 16.9 Å². The van der Waals surface area contributed by atoms with Gasteiger partial charge in [-0.05, 0) is 18.8 Å². The fourth-order valence-electron chi connectivity index (χ4n) is 1.90. The molecule has 18 heavy (non-hydrogen) atoms. The molecule has 1 fully saturated rings. The second-order valence-corrected chi connectivity index (χ2v) is 7.15. The molecule has 1 N–H and O–H groups in total. The van der Waals surface area contributed by atoms with Crippen LogP contribution >= 0.6 is 11.6 Å². The van der Waals surface area contributed by atoms with Crippen molar-refractivity contribution >= 4 is 21.6 Å². The lowest BCUT2D eigenvalue weighted by molar-refractivity contribution is 0.358. The molecule has 1 heterocycles. The van der Waals surface area contributed by atoms with Crippen molar-refractivity contribution in [2.45, 2.75) is 43.6 Å². The van der Waals surface area contributed by atoms with E-state index in [1.54, 1.807) is 4.31 Å². The Kier molecular flexibility index (Phi) is 3.99. The summed E-state index contributed by atoms with van der Waals surface area (Å²) >= 11 is 5.74. The minimum absolute atomic E-state index is 0.142. The Hall–Kier alpha value is -0.590. The van der Waals surface area contributed by atoms with Crippen LogP contribution in [-0.4, -0.2) is 35.5 Å².